The van der Waals surface area contributed by atoms with Crippen LogP contribution < -0.4 is 4.74 Å². The SMILES string of the molecule is Cc1cc(Br)ccc1OCCCN1CCN(C(=O)OC(C)(C)C)CC1. The van der Waals surface area contributed by atoms with Gasteiger partial charge in [0.1, 0.15) is 11.4 Å². The lowest BCUT2D eigenvalue weighted by Gasteiger charge is -2.35. The van der Waals surface area contributed by atoms with E-state index in [2.05, 4.69) is 33.8 Å². The average molecular weight is 413 g/mol. The van der Waals surface area contributed by atoms with E-state index in [1.807, 2.05) is 32.9 Å². The molecule has 2 rings (SSSR count). The Kier molecular flexibility index (Phi) is 7.14. The van der Waals surface area contributed by atoms with Crippen molar-refractivity contribution in [2.45, 2.75) is 39.7 Å². The number of benzene rings is 1. The third kappa shape index (κ3) is 6.86. The first-order valence-electron chi connectivity index (χ1n) is 8.84. The van der Waals surface area contributed by atoms with E-state index < -0.39 is 5.60 Å². The summed E-state index contributed by atoms with van der Waals surface area (Å²) in [4.78, 5) is 16.2. The number of aryl methyl sites for hydroxylation is 1. The molecule has 5 nitrogen and oxygen atoms in total. The van der Waals surface area contributed by atoms with Gasteiger partial charge in [-0.3, -0.25) is 4.90 Å². The number of piperazine rings is 1. The van der Waals surface area contributed by atoms with Crippen molar-refractivity contribution >= 4 is 22.0 Å². The maximum atomic E-state index is 12.1. The van der Waals surface area contributed by atoms with Crippen LogP contribution in [0.1, 0.15) is 32.8 Å². The van der Waals surface area contributed by atoms with Crippen molar-refractivity contribution < 1.29 is 14.3 Å². The molecule has 1 fully saturated rings. The molecule has 0 spiro atoms. The van der Waals surface area contributed by atoms with Crippen LogP contribution in [-0.2, 0) is 4.74 Å². The number of hydrogen-bond donors (Lipinski definition) is 0. The molecule has 0 saturated carbocycles. The summed E-state index contributed by atoms with van der Waals surface area (Å²) in [6.07, 6.45) is 0.767. The summed E-state index contributed by atoms with van der Waals surface area (Å²) in [5, 5.41) is 0. The fourth-order valence-electron chi connectivity index (χ4n) is 2.73. The van der Waals surface area contributed by atoms with Gasteiger partial charge < -0.3 is 14.4 Å². The average Bonchev–Trinajstić information content (AvgIpc) is 2.52. The van der Waals surface area contributed by atoms with Gasteiger partial charge in [0, 0.05) is 37.2 Å². The van der Waals surface area contributed by atoms with Crippen molar-refractivity contribution in [3.63, 3.8) is 0 Å². The standard InChI is InChI=1S/C19H29BrN2O3/c1-15-14-16(20)6-7-17(15)24-13-5-8-21-9-11-22(12-10-21)18(23)25-19(2,3)4/h6-7,14H,5,8-13H2,1-4H3. The molecule has 1 saturated heterocycles. The van der Waals surface area contributed by atoms with Gasteiger partial charge in [-0.2, -0.15) is 0 Å². The molecule has 0 atom stereocenters. The minimum absolute atomic E-state index is 0.207. The Morgan fingerprint density at radius 3 is 2.48 bits per heavy atom. The van der Waals surface area contributed by atoms with Crippen LogP contribution in [-0.4, -0.2) is 60.8 Å². The van der Waals surface area contributed by atoms with Crippen molar-refractivity contribution in [3.05, 3.63) is 28.2 Å². The lowest BCUT2D eigenvalue weighted by molar-refractivity contribution is 0.0142. The second kappa shape index (κ2) is 8.90. The van der Waals surface area contributed by atoms with Gasteiger partial charge >= 0.3 is 6.09 Å². The predicted molar refractivity (Wildman–Crippen MR) is 103 cm³/mol. The van der Waals surface area contributed by atoms with Crippen LogP contribution in [0.2, 0.25) is 0 Å². The second-order valence-electron chi connectivity index (χ2n) is 7.42. The highest BCUT2D eigenvalue weighted by Gasteiger charge is 2.25. The van der Waals surface area contributed by atoms with Gasteiger partial charge in [0.2, 0.25) is 0 Å². The van der Waals surface area contributed by atoms with Crippen molar-refractivity contribution in [2.75, 3.05) is 39.3 Å². The molecule has 1 amide bonds. The van der Waals surface area contributed by atoms with Gasteiger partial charge in [-0.05, 0) is 57.9 Å². The highest BCUT2D eigenvalue weighted by Crippen LogP contribution is 2.22. The molecule has 25 heavy (non-hydrogen) atoms. The Labute approximate surface area is 159 Å². The molecule has 0 aromatic heterocycles. The van der Waals surface area contributed by atoms with Crippen LogP contribution >= 0.6 is 15.9 Å². The van der Waals surface area contributed by atoms with Gasteiger partial charge in [0.15, 0.2) is 0 Å². The summed E-state index contributed by atoms with van der Waals surface area (Å²) in [5.74, 6) is 0.943. The summed E-state index contributed by atoms with van der Waals surface area (Å²) >= 11 is 3.46. The number of amides is 1. The third-order valence-corrected chi connectivity index (χ3v) is 4.53. The quantitative estimate of drug-likeness (QED) is 0.683. The zero-order valence-corrected chi connectivity index (χ0v) is 17.3. The molecule has 0 unspecified atom stereocenters. The Morgan fingerprint density at radius 1 is 1.20 bits per heavy atom. The lowest BCUT2D eigenvalue weighted by Crippen LogP contribution is -2.50. The molecular formula is C19H29BrN2O3. The van der Waals surface area contributed by atoms with Gasteiger partial charge in [0.05, 0.1) is 6.61 Å². The first kappa shape index (κ1) is 20.0. The summed E-state index contributed by atoms with van der Waals surface area (Å²) in [6.45, 7) is 12.6. The summed E-state index contributed by atoms with van der Waals surface area (Å²) in [6, 6.07) is 6.06. The topological polar surface area (TPSA) is 42.0 Å². The number of ether oxygens (including phenoxy) is 2. The molecular weight excluding hydrogens is 384 g/mol. The van der Waals surface area contributed by atoms with Crippen LogP contribution in [0.25, 0.3) is 0 Å². The van der Waals surface area contributed by atoms with Gasteiger partial charge in [-0.25, -0.2) is 4.79 Å². The predicted octanol–water partition coefficient (Wildman–Crippen LogP) is 4.08. The van der Waals surface area contributed by atoms with Crippen molar-refractivity contribution in [1.29, 1.82) is 0 Å². The molecule has 0 bridgehead atoms. The first-order valence-corrected chi connectivity index (χ1v) is 9.63. The van der Waals surface area contributed by atoms with E-state index in [0.29, 0.717) is 6.61 Å². The smallest absolute Gasteiger partial charge is 0.410 e. The molecule has 0 radical (unpaired) electrons. The summed E-state index contributed by atoms with van der Waals surface area (Å²) in [5.41, 5.74) is 0.705. The van der Waals surface area contributed by atoms with Crippen LogP contribution in [0.4, 0.5) is 4.79 Å². The van der Waals surface area contributed by atoms with Crippen molar-refractivity contribution in [2.24, 2.45) is 0 Å². The minimum Gasteiger partial charge on any atom is -0.493 e. The Morgan fingerprint density at radius 2 is 1.88 bits per heavy atom. The zero-order chi connectivity index (χ0) is 18.4. The number of rotatable bonds is 5. The Bertz CT molecular complexity index is 579. The molecule has 1 heterocycles. The minimum atomic E-state index is -0.434. The molecule has 1 aromatic rings. The fraction of sp³-hybridized carbons (Fsp3) is 0.632. The molecule has 140 valence electrons. The van der Waals surface area contributed by atoms with E-state index in [1.54, 1.807) is 4.90 Å². The van der Waals surface area contributed by atoms with E-state index in [1.165, 1.54) is 0 Å². The number of halogens is 1. The molecule has 1 aliphatic heterocycles. The Balaban J connectivity index is 1.65. The van der Waals surface area contributed by atoms with Gasteiger partial charge in [-0.1, -0.05) is 15.9 Å². The van der Waals surface area contributed by atoms with E-state index in [-0.39, 0.29) is 6.09 Å². The van der Waals surface area contributed by atoms with Crippen molar-refractivity contribution in [1.82, 2.24) is 9.80 Å². The molecule has 1 aliphatic rings. The van der Waals surface area contributed by atoms with E-state index in [9.17, 15) is 4.79 Å². The molecule has 1 aromatic carbocycles. The maximum absolute atomic E-state index is 12.1. The van der Waals surface area contributed by atoms with Crippen LogP contribution in [0, 0.1) is 6.92 Å². The zero-order valence-electron chi connectivity index (χ0n) is 15.7. The van der Waals surface area contributed by atoms with E-state index in [0.717, 1.165) is 54.9 Å². The third-order valence-electron chi connectivity index (χ3n) is 4.04. The lowest BCUT2D eigenvalue weighted by atomic mass is 10.2. The maximum Gasteiger partial charge on any atom is 0.410 e. The van der Waals surface area contributed by atoms with Gasteiger partial charge in [0.25, 0.3) is 0 Å². The molecule has 0 N–H and O–H groups in total. The highest BCUT2D eigenvalue weighted by molar-refractivity contribution is 9.10. The largest absolute Gasteiger partial charge is 0.493 e. The van der Waals surface area contributed by atoms with Crippen LogP contribution in [0.5, 0.6) is 5.75 Å². The number of nitrogens with zero attached hydrogens (tertiary/aromatic N) is 2. The highest BCUT2D eigenvalue weighted by atomic mass is 79.9. The van der Waals surface area contributed by atoms with E-state index in [4.69, 9.17) is 9.47 Å². The van der Waals surface area contributed by atoms with E-state index >= 15 is 0 Å². The van der Waals surface area contributed by atoms with Crippen LogP contribution in [0.15, 0.2) is 22.7 Å². The van der Waals surface area contributed by atoms with Crippen molar-refractivity contribution in [3.8, 4) is 5.75 Å². The second-order valence-corrected chi connectivity index (χ2v) is 8.34. The summed E-state index contributed by atoms with van der Waals surface area (Å²) in [7, 11) is 0. The number of carbonyl (C=O) groups excluding carboxylic acids is 1. The number of carbonyl (C=O) groups is 1. The van der Waals surface area contributed by atoms with Gasteiger partial charge in [-0.15, -0.1) is 0 Å². The monoisotopic (exact) mass is 412 g/mol. The molecule has 0 aliphatic carbocycles. The number of hydrogen-bond acceptors (Lipinski definition) is 4. The fourth-order valence-corrected chi connectivity index (χ4v) is 3.20. The van der Waals surface area contributed by atoms with Crippen LogP contribution in [0.3, 0.4) is 0 Å². The normalized spacial score (nSPS) is 16.0. The summed E-state index contributed by atoms with van der Waals surface area (Å²) < 4.78 is 12.4. The Hall–Kier alpha value is -1.27. The molecule has 6 heteroatoms. The first-order chi connectivity index (χ1) is 11.7.